The van der Waals surface area contributed by atoms with E-state index in [-0.39, 0.29) is 23.7 Å². The van der Waals surface area contributed by atoms with Gasteiger partial charge in [0, 0.05) is 54.6 Å². The number of rotatable bonds is 7. The first-order valence-corrected chi connectivity index (χ1v) is 12.9. The van der Waals surface area contributed by atoms with Gasteiger partial charge in [-0.15, -0.1) is 0 Å². The average molecular weight is 524 g/mol. The second-order valence-corrected chi connectivity index (χ2v) is 9.84. The molecule has 0 radical (unpaired) electrons. The number of hydrogen-bond donors (Lipinski definition) is 1. The van der Waals surface area contributed by atoms with E-state index < -0.39 is 0 Å². The number of nitrogens with zero attached hydrogens (tertiary/aromatic N) is 2. The molecule has 2 heterocycles. The van der Waals surface area contributed by atoms with Crippen LogP contribution in [0.2, 0.25) is 5.02 Å². The van der Waals surface area contributed by atoms with Gasteiger partial charge in [-0.3, -0.25) is 9.69 Å². The molecule has 0 aliphatic carbocycles. The van der Waals surface area contributed by atoms with E-state index in [4.69, 9.17) is 21.1 Å². The Morgan fingerprint density at radius 1 is 1.03 bits per heavy atom. The predicted molar refractivity (Wildman–Crippen MR) is 145 cm³/mol. The molecule has 0 aromatic heterocycles. The van der Waals surface area contributed by atoms with E-state index >= 15 is 0 Å². The predicted octanol–water partition coefficient (Wildman–Crippen LogP) is 5.30. The molecule has 2 aliphatic rings. The standard InChI is InChI=1S/C29H31ClFN3O3/c1-36-21-9-6-19(7-10-21)29(35)28(25-12-11-22-23(30)4-3-5-24(22)32-25)34-16-14-33(15-17-34)26-13-8-20(31)18-27(26)37-2/h3-10,13,18,25,28,32H,11-12,14-17H2,1-2H3. The second-order valence-electron chi connectivity index (χ2n) is 9.43. The number of hydrogen-bond acceptors (Lipinski definition) is 6. The molecule has 2 aliphatic heterocycles. The van der Waals surface area contributed by atoms with Crippen molar-refractivity contribution < 1.29 is 18.7 Å². The van der Waals surface area contributed by atoms with Crippen LogP contribution in [0.3, 0.4) is 0 Å². The number of fused-ring (bicyclic) bond motifs is 1. The van der Waals surface area contributed by atoms with E-state index in [0.29, 0.717) is 43.2 Å². The second kappa shape index (κ2) is 11.0. The number of piperazine rings is 1. The van der Waals surface area contributed by atoms with Crippen molar-refractivity contribution in [1.29, 1.82) is 0 Å². The molecule has 1 N–H and O–H groups in total. The number of carbonyl (C=O) groups excluding carboxylic acids is 1. The van der Waals surface area contributed by atoms with E-state index in [9.17, 15) is 9.18 Å². The lowest BCUT2D eigenvalue weighted by molar-refractivity contribution is 0.0771. The van der Waals surface area contributed by atoms with Crippen LogP contribution in [0.4, 0.5) is 15.8 Å². The molecule has 37 heavy (non-hydrogen) atoms. The van der Waals surface area contributed by atoms with Crippen LogP contribution in [-0.4, -0.2) is 63.2 Å². The zero-order valence-electron chi connectivity index (χ0n) is 21.0. The molecule has 1 saturated heterocycles. The first-order chi connectivity index (χ1) is 18.0. The number of methoxy groups -OCH3 is 2. The minimum Gasteiger partial charge on any atom is -0.497 e. The SMILES string of the molecule is COc1ccc(C(=O)C(C2CCc3c(Cl)cccc3N2)N2CCN(c3ccc(F)cc3OC)CC2)cc1. The van der Waals surface area contributed by atoms with Gasteiger partial charge in [0.25, 0.3) is 0 Å². The van der Waals surface area contributed by atoms with Crippen molar-refractivity contribution in [2.24, 2.45) is 0 Å². The highest BCUT2D eigenvalue weighted by Gasteiger charge is 2.38. The van der Waals surface area contributed by atoms with E-state index in [2.05, 4.69) is 15.1 Å². The summed E-state index contributed by atoms with van der Waals surface area (Å²) in [7, 11) is 3.17. The van der Waals surface area contributed by atoms with Crippen LogP contribution in [0, 0.1) is 5.82 Å². The molecule has 2 atom stereocenters. The summed E-state index contributed by atoms with van der Waals surface area (Å²) >= 11 is 6.45. The van der Waals surface area contributed by atoms with E-state index in [0.717, 1.165) is 34.8 Å². The third kappa shape index (κ3) is 5.24. The fourth-order valence-corrected chi connectivity index (χ4v) is 5.71. The quantitative estimate of drug-likeness (QED) is 0.424. The lowest BCUT2D eigenvalue weighted by Crippen LogP contribution is -2.58. The summed E-state index contributed by atoms with van der Waals surface area (Å²) in [6, 6.07) is 17.4. The van der Waals surface area contributed by atoms with Crippen molar-refractivity contribution in [3.63, 3.8) is 0 Å². The van der Waals surface area contributed by atoms with E-state index in [1.807, 2.05) is 42.5 Å². The fraction of sp³-hybridized carbons (Fsp3) is 0.345. The molecule has 0 saturated carbocycles. The Balaban J connectivity index is 1.40. The highest BCUT2D eigenvalue weighted by atomic mass is 35.5. The molecule has 194 valence electrons. The number of ether oxygens (including phenoxy) is 2. The molecule has 3 aromatic rings. The number of halogens is 2. The maximum absolute atomic E-state index is 14.0. The maximum atomic E-state index is 14.0. The van der Waals surface area contributed by atoms with Gasteiger partial charge in [0.2, 0.25) is 0 Å². The van der Waals surface area contributed by atoms with Gasteiger partial charge >= 0.3 is 0 Å². The van der Waals surface area contributed by atoms with Crippen LogP contribution in [0.5, 0.6) is 11.5 Å². The van der Waals surface area contributed by atoms with Gasteiger partial charge in [0.15, 0.2) is 5.78 Å². The van der Waals surface area contributed by atoms with Crippen LogP contribution in [0.25, 0.3) is 0 Å². The summed E-state index contributed by atoms with van der Waals surface area (Å²) < 4.78 is 24.4. The molecule has 2 unspecified atom stereocenters. The smallest absolute Gasteiger partial charge is 0.182 e. The molecule has 6 nitrogen and oxygen atoms in total. The van der Waals surface area contributed by atoms with Crippen molar-refractivity contribution in [2.75, 3.05) is 50.6 Å². The highest BCUT2D eigenvalue weighted by Crippen LogP contribution is 2.34. The molecular weight excluding hydrogens is 493 g/mol. The summed E-state index contributed by atoms with van der Waals surface area (Å²) in [5, 5.41) is 4.38. The minimum absolute atomic E-state index is 0.0625. The monoisotopic (exact) mass is 523 g/mol. The van der Waals surface area contributed by atoms with Gasteiger partial charge in [0.05, 0.1) is 25.9 Å². The Kier molecular flexibility index (Phi) is 7.53. The van der Waals surface area contributed by atoms with Crippen molar-refractivity contribution >= 4 is 28.8 Å². The summed E-state index contributed by atoms with van der Waals surface area (Å²) in [6.07, 6.45) is 1.61. The Labute approximate surface area is 221 Å². The summed E-state index contributed by atoms with van der Waals surface area (Å²) in [5.41, 5.74) is 3.61. The molecule has 5 rings (SSSR count). The molecule has 0 spiro atoms. The van der Waals surface area contributed by atoms with Crippen LogP contribution < -0.4 is 19.7 Å². The third-order valence-electron chi connectivity index (χ3n) is 7.38. The Bertz CT molecular complexity index is 1260. The zero-order valence-corrected chi connectivity index (χ0v) is 21.8. The summed E-state index contributed by atoms with van der Waals surface area (Å²) in [4.78, 5) is 18.4. The maximum Gasteiger partial charge on any atom is 0.182 e. The van der Waals surface area contributed by atoms with E-state index in [1.165, 1.54) is 12.1 Å². The number of anilines is 2. The first kappa shape index (κ1) is 25.4. The largest absolute Gasteiger partial charge is 0.497 e. The Morgan fingerprint density at radius 3 is 2.49 bits per heavy atom. The van der Waals surface area contributed by atoms with Crippen molar-refractivity contribution in [3.05, 3.63) is 82.6 Å². The number of ketones is 1. The van der Waals surface area contributed by atoms with Gasteiger partial charge in [0.1, 0.15) is 17.3 Å². The minimum atomic E-state index is -0.349. The number of Topliss-reactive ketones (excluding diaryl/α,β-unsaturated/α-hetero) is 1. The molecule has 1 fully saturated rings. The highest BCUT2D eigenvalue weighted by molar-refractivity contribution is 6.31. The Hall–Kier alpha value is -3.29. The topological polar surface area (TPSA) is 54.0 Å². The van der Waals surface area contributed by atoms with Crippen LogP contribution >= 0.6 is 11.6 Å². The van der Waals surface area contributed by atoms with Crippen molar-refractivity contribution in [3.8, 4) is 11.5 Å². The van der Waals surface area contributed by atoms with Gasteiger partial charge in [-0.2, -0.15) is 0 Å². The van der Waals surface area contributed by atoms with Gasteiger partial charge in [-0.05, 0) is 66.9 Å². The molecule has 0 bridgehead atoms. The third-order valence-corrected chi connectivity index (χ3v) is 7.73. The molecule has 3 aromatic carbocycles. The first-order valence-electron chi connectivity index (χ1n) is 12.5. The van der Waals surface area contributed by atoms with E-state index in [1.54, 1.807) is 20.3 Å². The normalized spacial score (nSPS) is 18.5. The lowest BCUT2D eigenvalue weighted by atomic mass is 9.88. The van der Waals surface area contributed by atoms with Crippen molar-refractivity contribution in [2.45, 2.75) is 24.9 Å². The summed E-state index contributed by atoms with van der Waals surface area (Å²) in [6.45, 7) is 2.77. The van der Waals surface area contributed by atoms with Gasteiger partial charge in [-0.25, -0.2) is 4.39 Å². The molecular formula is C29H31ClFN3O3. The number of nitrogens with one attached hydrogen (secondary N) is 1. The molecule has 0 amide bonds. The fourth-order valence-electron chi connectivity index (χ4n) is 5.44. The molecule has 8 heteroatoms. The van der Waals surface area contributed by atoms with Gasteiger partial charge in [-0.1, -0.05) is 17.7 Å². The lowest BCUT2D eigenvalue weighted by Gasteiger charge is -2.44. The van der Waals surface area contributed by atoms with Crippen LogP contribution in [-0.2, 0) is 6.42 Å². The number of carbonyl (C=O) groups is 1. The summed E-state index contributed by atoms with van der Waals surface area (Å²) in [5.74, 6) is 0.989. The van der Waals surface area contributed by atoms with Crippen LogP contribution in [0.1, 0.15) is 22.3 Å². The average Bonchev–Trinajstić information content (AvgIpc) is 2.93. The Morgan fingerprint density at radius 2 is 1.78 bits per heavy atom. The zero-order chi connectivity index (χ0) is 25.9. The van der Waals surface area contributed by atoms with Crippen molar-refractivity contribution in [1.82, 2.24) is 4.90 Å². The van der Waals surface area contributed by atoms with Crippen LogP contribution in [0.15, 0.2) is 60.7 Å². The number of benzene rings is 3. The van der Waals surface area contributed by atoms with Gasteiger partial charge < -0.3 is 19.7 Å².